The minimum absolute atomic E-state index is 0.0216. The molecule has 3 amide bonds. The third-order valence-electron chi connectivity index (χ3n) is 5.95. The summed E-state index contributed by atoms with van der Waals surface area (Å²) in [4.78, 5) is 39.4. The van der Waals surface area contributed by atoms with Crippen LogP contribution in [0.5, 0.6) is 11.5 Å². The highest BCUT2D eigenvalue weighted by Gasteiger charge is 2.17. The van der Waals surface area contributed by atoms with Crippen LogP contribution in [0.25, 0.3) is 6.08 Å². The summed E-state index contributed by atoms with van der Waals surface area (Å²) < 4.78 is 10.6. The molecule has 0 aromatic heterocycles. The first kappa shape index (κ1) is 29.1. The van der Waals surface area contributed by atoms with Crippen molar-refractivity contribution in [1.29, 1.82) is 0 Å². The van der Waals surface area contributed by atoms with Gasteiger partial charge in [0.05, 0.1) is 15.8 Å². The summed E-state index contributed by atoms with van der Waals surface area (Å²) in [6.45, 7) is 0.162. The van der Waals surface area contributed by atoms with Crippen LogP contribution in [0.1, 0.15) is 15.9 Å². The van der Waals surface area contributed by atoms with Gasteiger partial charge in [-0.15, -0.1) is 11.8 Å². The van der Waals surface area contributed by atoms with E-state index in [1.165, 1.54) is 17.8 Å². The number of fused-ring (bicyclic) bond motifs is 1. The van der Waals surface area contributed by atoms with Crippen molar-refractivity contribution in [2.75, 3.05) is 23.2 Å². The average molecular weight is 621 g/mol. The molecule has 8 nitrogen and oxygen atoms in total. The second-order valence-corrected chi connectivity index (χ2v) is 10.7. The van der Waals surface area contributed by atoms with Gasteiger partial charge in [0.1, 0.15) is 5.70 Å². The van der Waals surface area contributed by atoms with Gasteiger partial charge in [-0.3, -0.25) is 14.4 Å². The second-order valence-electron chi connectivity index (χ2n) is 8.90. The van der Waals surface area contributed by atoms with Crippen molar-refractivity contribution in [2.45, 2.75) is 4.90 Å². The zero-order valence-corrected chi connectivity index (χ0v) is 24.2. The van der Waals surface area contributed by atoms with Crippen LogP contribution in [0.15, 0.2) is 102 Å². The van der Waals surface area contributed by atoms with Gasteiger partial charge in [0.25, 0.3) is 11.8 Å². The van der Waals surface area contributed by atoms with Gasteiger partial charge in [-0.2, -0.15) is 0 Å². The topological polar surface area (TPSA) is 106 Å². The molecule has 0 radical (unpaired) electrons. The van der Waals surface area contributed by atoms with Crippen molar-refractivity contribution in [1.82, 2.24) is 5.32 Å². The van der Waals surface area contributed by atoms with E-state index in [0.29, 0.717) is 39.0 Å². The lowest BCUT2D eigenvalue weighted by Gasteiger charge is -2.12. The molecule has 1 aliphatic rings. The monoisotopic (exact) mass is 619 g/mol. The zero-order valence-electron chi connectivity index (χ0n) is 21.9. The molecule has 4 aromatic carbocycles. The van der Waals surface area contributed by atoms with Gasteiger partial charge in [0, 0.05) is 27.9 Å². The van der Waals surface area contributed by atoms with Crippen molar-refractivity contribution in [3.8, 4) is 11.5 Å². The Morgan fingerprint density at radius 3 is 2.33 bits per heavy atom. The summed E-state index contributed by atoms with van der Waals surface area (Å²) in [7, 11) is 0. The summed E-state index contributed by atoms with van der Waals surface area (Å²) in [6.07, 6.45) is 1.47. The molecular formula is C31H23Cl2N3O5S. The van der Waals surface area contributed by atoms with Crippen molar-refractivity contribution in [3.05, 3.63) is 118 Å². The van der Waals surface area contributed by atoms with E-state index < -0.39 is 11.8 Å². The standard InChI is InChI=1S/C31H23Cl2N3O5S/c32-24-8-4-7-20(29(24)33)15-25(36-30(38)19-5-2-1-3-6-19)31(39)35-21-9-12-23(13-10-21)42-17-28(37)34-22-11-14-26-27(16-22)41-18-40-26/h1-16H,17-18H2,(H,34,37)(H,35,39)(H,36,38)/b25-15-. The minimum Gasteiger partial charge on any atom is -0.454 e. The van der Waals surface area contributed by atoms with Crippen molar-refractivity contribution in [2.24, 2.45) is 0 Å². The van der Waals surface area contributed by atoms with E-state index in [1.54, 1.807) is 91.0 Å². The van der Waals surface area contributed by atoms with Crippen LogP contribution < -0.4 is 25.4 Å². The Bertz CT molecular complexity index is 1660. The van der Waals surface area contributed by atoms with Crippen LogP contribution in [0.2, 0.25) is 10.0 Å². The first-order chi connectivity index (χ1) is 20.4. The van der Waals surface area contributed by atoms with Crippen LogP contribution in [0.3, 0.4) is 0 Å². The lowest BCUT2D eigenvalue weighted by atomic mass is 10.1. The number of carbonyl (C=O) groups is 3. The number of halogens is 2. The number of rotatable bonds is 9. The lowest BCUT2D eigenvalue weighted by molar-refractivity contribution is -0.114. The van der Waals surface area contributed by atoms with Gasteiger partial charge in [0.15, 0.2) is 11.5 Å². The van der Waals surface area contributed by atoms with Crippen molar-refractivity contribution in [3.63, 3.8) is 0 Å². The Labute approximate surface area is 256 Å². The van der Waals surface area contributed by atoms with E-state index in [-0.39, 0.29) is 29.2 Å². The number of nitrogens with one attached hydrogen (secondary N) is 3. The van der Waals surface area contributed by atoms with Crippen molar-refractivity contribution < 1.29 is 23.9 Å². The first-order valence-corrected chi connectivity index (χ1v) is 14.4. The predicted octanol–water partition coefficient (Wildman–Crippen LogP) is 6.86. The molecule has 5 rings (SSSR count). The highest BCUT2D eigenvalue weighted by molar-refractivity contribution is 8.00. The molecule has 11 heteroatoms. The molecular weight excluding hydrogens is 597 g/mol. The third kappa shape index (κ3) is 7.44. The van der Waals surface area contributed by atoms with E-state index in [0.717, 1.165) is 4.90 Å². The number of thioether (sulfide) groups is 1. The Kier molecular flexibility index (Phi) is 9.33. The molecule has 3 N–H and O–H groups in total. The molecule has 0 atom stereocenters. The Hall–Kier alpha value is -4.44. The molecule has 0 aliphatic carbocycles. The van der Waals surface area contributed by atoms with Crippen LogP contribution in [-0.2, 0) is 9.59 Å². The number of amides is 3. The molecule has 1 heterocycles. The van der Waals surface area contributed by atoms with E-state index in [4.69, 9.17) is 32.7 Å². The SMILES string of the molecule is O=C(CSc1ccc(NC(=O)/C(=C/c2cccc(Cl)c2Cl)NC(=O)c2ccccc2)cc1)Nc1ccc2c(c1)OCO2. The summed E-state index contributed by atoms with van der Waals surface area (Å²) in [5.41, 5.74) is 1.94. The molecule has 1 aliphatic heterocycles. The first-order valence-electron chi connectivity index (χ1n) is 12.6. The molecule has 0 spiro atoms. The van der Waals surface area contributed by atoms with Gasteiger partial charge in [0.2, 0.25) is 12.7 Å². The fourth-order valence-corrected chi connectivity index (χ4v) is 4.94. The Balaban J connectivity index is 1.22. The number of anilines is 2. The number of hydrogen-bond acceptors (Lipinski definition) is 6. The van der Waals surface area contributed by atoms with Crippen LogP contribution in [0, 0.1) is 0 Å². The van der Waals surface area contributed by atoms with E-state index in [1.807, 2.05) is 0 Å². The maximum atomic E-state index is 13.3. The largest absolute Gasteiger partial charge is 0.454 e. The smallest absolute Gasteiger partial charge is 0.272 e. The van der Waals surface area contributed by atoms with Crippen LogP contribution in [-0.4, -0.2) is 30.3 Å². The maximum absolute atomic E-state index is 13.3. The zero-order chi connectivity index (χ0) is 29.5. The summed E-state index contributed by atoms with van der Waals surface area (Å²) >= 11 is 13.8. The van der Waals surface area contributed by atoms with Crippen LogP contribution in [0.4, 0.5) is 11.4 Å². The number of carbonyl (C=O) groups excluding carboxylic acids is 3. The number of benzene rings is 4. The van der Waals surface area contributed by atoms with Gasteiger partial charge in [-0.1, -0.05) is 53.5 Å². The molecule has 42 heavy (non-hydrogen) atoms. The summed E-state index contributed by atoms with van der Waals surface area (Å²) in [6, 6.07) is 25.7. The molecule has 0 bridgehead atoms. The van der Waals surface area contributed by atoms with E-state index >= 15 is 0 Å². The molecule has 212 valence electrons. The lowest BCUT2D eigenvalue weighted by Crippen LogP contribution is -2.30. The van der Waals surface area contributed by atoms with Gasteiger partial charge in [-0.25, -0.2) is 0 Å². The van der Waals surface area contributed by atoms with E-state index in [2.05, 4.69) is 16.0 Å². The van der Waals surface area contributed by atoms with Gasteiger partial charge >= 0.3 is 0 Å². The molecule has 4 aromatic rings. The summed E-state index contributed by atoms with van der Waals surface area (Å²) in [5, 5.41) is 8.87. The normalized spacial score (nSPS) is 12.0. The maximum Gasteiger partial charge on any atom is 0.272 e. The molecule has 0 saturated heterocycles. The van der Waals surface area contributed by atoms with Gasteiger partial charge in [-0.05, 0) is 66.2 Å². The molecule has 0 saturated carbocycles. The molecule has 0 fully saturated rings. The Morgan fingerprint density at radius 2 is 1.55 bits per heavy atom. The quantitative estimate of drug-likeness (QED) is 0.140. The third-order valence-corrected chi connectivity index (χ3v) is 7.79. The average Bonchev–Trinajstić information content (AvgIpc) is 3.47. The highest BCUT2D eigenvalue weighted by atomic mass is 35.5. The van der Waals surface area contributed by atoms with E-state index in [9.17, 15) is 14.4 Å². The summed E-state index contributed by atoms with van der Waals surface area (Å²) in [5.74, 6) is 0.217. The molecule has 0 unspecified atom stereocenters. The predicted molar refractivity (Wildman–Crippen MR) is 165 cm³/mol. The fraction of sp³-hybridized carbons (Fsp3) is 0.0645. The fourth-order valence-electron chi connectivity index (χ4n) is 3.88. The Morgan fingerprint density at radius 1 is 0.810 bits per heavy atom. The second kappa shape index (κ2) is 13.5. The van der Waals surface area contributed by atoms with Crippen LogP contribution >= 0.6 is 35.0 Å². The minimum atomic E-state index is -0.557. The van der Waals surface area contributed by atoms with Gasteiger partial charge < -0.3 is 25.4 Å². The number of ether oxygens (including phenoxy) is 2. The number of hydrogen-bond donors (Lipinski definition) is 3. The highest BCUT2D eigenvalue weighted by Crippen LogP contribution is 2.34. The van der Waals surface area contributed by atoms with Crippen molar-refractivity contribution >= 4 is 70.1 Å².